The van der Waals surface area contributed by atoms with Crippen LogP contribution >= 0.6 is 0 Å². The van der Waals surface area contributed by atoms with E-state index < -0.39 is 27.4 Å². The van der Waals surface area contributed by atoms with E-state index in [0.29, 0.717) is 0 Å². The summed E-state index contributed by atoms with van der Waals surface area (Å²) in [5.74, 6) is 0.0208. The lowest BCUT2D eigenvalue weighted by atomic mass is 10.1. The highest BCUT2D eigenvalue weighted by Gasteiger charge is 2.26. The lowest BCUT2D eigenvalue weighted by Gasteiger charge is -2.12. The first kappa shape index (κ1) is 16.4. The molecule has 2 bridgehead atoms. The molecule has 0 N–H and O–H groups in total. The Morgan fingerprint density at radius 1 is 0.850 bits per heavy atom. The van der Waals surface area contributed by atoms with E-state index in [1.165, 1.54) is 19.3 Å². The summed E-state index contributed by atoms with van der Waals surface area (Å²) in [5, 5.41) is 0. The van der Waals surface area contributed by atoms with Crippen molar-refractivity contribution < 1.29 is 27.7 Å². The highest BCUT2D eigenvalue weighted by atomic mass is 28.3. The first-order valence-corrected chi connectivity index (χ1v) is 7.98. The van der Waals surface area contributed by atoms with Crippen LogP contribution in [0.1, 0.15) is 40.0 Å². The lowest BCUT2D eigenvalue weighted by Crippen LogP contribution is -2.32. The molecule has 0 spiro atoms. The predicted octanol–water partition coefficient (Wildman–Crippen LogP) is 1.37. The van der Waals surface area contributed by atoms with Crippen molar-refractivity contribution in [2.45, 2.75) is 40.0 Å². The Morgan fingerprint density at radius 3 is 1.35 bits per heavy atom. The van der Waals surface area contributed by atoms with Gasteiger partial charge in [-0.2, -0.15) is 0 Å². The van der Waals surface area contributed by atoms with Gasteiger partial charge in [0.2, 0.25) is 0 Å². The van der Waals surface area contributed by atoms with Crippen LogP contribution < -0.4 is 0 Å². The van der Waals surface area contributed by atoms with Crippen molar-refractivity contribution in [1.29, 1.82) is 0 Å². The van der Waals surface area contributed by atoms with Crippen LogP contribution in [0.2, 0.25) is 0 Å². The maximum atomic E-state index is 10.4. The van der Waals surface area contributed by atoms with Crippen LogP contribution in [0.3, 0.4) is 0 Å². The maximum Gasteiger partial charge on any atom is 0.689 e. The summed E-state index contributed by atoms with van der Waals surface area (Å²) in [6, 6.07) is 0. The number of fused-ring (bicyclic) bond motifs is 2. The maximum absolute atomic E-state index is 10.4. The van der Waals surface area contributed by atoms with Crippen molar-refractivity contribution >= 4 is 27.4 Å². The average molecular weight is 300 g/mol. The van der Waals surface area contributed by atoms with Crippen LogP contribution in [0.15, 0.2) is 12.2 Å². The zero-order valence-corrected chi connectivity index (χ0v) is 13.1. The summed E-state index contributed by atoms with van der Waals surface area (Å²) in [5.41, 5.74) is 0. The highest BCUT2D eigenvalue weighted by Crippen LogP contribution is 2.38. The number of hydrogen-bond acceptors (Lipinski definition) is 6. The van der Waals surface area contributed by atoms with Crippen LogP contribution in [-0.2, 0) is 27.7 Å². The molecule has 0 aromatic carbocycles. The second kappa shape index (κ2) is 7.84. The molecule has 0 aromatic rings. The van der Waals surface area contributed by atoms with Gasteiger partial charge in [-0.3, -0.25) is 14.4 Å². The van der Waals surface area contributed by atoms with Crippen molar-refractivity contribution in [3.05, 3.63) is 12.2 Å². The van der Waals surface area contributed by atoms with E-state index in [9.17, 15) is 14.4 Å². The molecule has 0 aromatic heterocycles. The first-order chi connectivity index (χ1) is 9.36. The first-order valence-electron chi connectivity index (χ1n) is 6.56. The molecule has 0 aliphatic heterocycles. The van der Waals surface area contributed by atoms with Crippen molar-refractivity contribution in [1.82, 2.24) is 0 Å². The van der Waals surface area contributed by atoms with E-state index in [0.717, 1.165) is 32.6 Å². The molecule has 6 nitrogen and oxygen atoms in total. The molecule has 1 fully saturated rings. The van der Waals surface area contributed by atoms with Crippen molar-refractivity contribution in [2.24, 2.45) is 11.8 Å². The Hall–Kier alpha value is -1.63. The van der Waals surface area contributed by atoms with Crippen LogP contribution in [0.5, 0.6) is 0 Å². The van der Waals surface area contributed by atoms with Gasteiger partial charge in [0.1, 0.15) is 0 Å². The average Bonchev–Trinajstić information content (AvgIpc) is 2.90. The van der Waals surface area contributed by atoms with Gasteiger partial charge in [-0.05, 0) is 31.1 Å². The third-order valence-electron chi connectivity index (χ3n) is 2.96. The molecular weight excluding hydrogens is 280 g/mol. The minimum Gasteiger partial charge on any atom is -0.458 e. The minimum atomic E-state index is -2.96. The van der Waals surface area contributed by atoms with E-state index >= 15 is 0 Å². The molecule has 2 atom stereocenters. The van der Waals surface area contributed by atoms with Gasteiger partial charge in [0.05, 0.1) is 0 Å². The monoisotopic (exact) mass is 300 g/mol. The number of carbonyl (C=O) groups excluding carboxylic acids is 3. The van der Waals surface area contributed by atoms with Gasteiger partial charge in [-0.15, -0.1) is 0 Å². The third-order valence-corrected chi connectivity index (χ3v) is 4.53. The van der Waals surface area contributed by atoms with E-state index in [2.05, 4.69) is 25.4 Å². The van der Waals surface area contributed by atoms with Gasteiger partial charge in [0, 0.05) is 20.8 Å². The van der Waals surface area contributed by atoms with Crippen molar-refractivity contribution in [2.75, 3.05) is 0 Å². The molecule has 7 heteroatoms. The van der Waals surface area contributed by atoms with Crippen molar-refractivity contribution in [3.8, 4) is 0 Å². The summed E-state index contributed by atoms with van der Waals surface area (Å²) in [6.07, 6.45) is 9.19. The smallest absolute Gasteiger partial charge is 0.458 e. The number of rotatable bonds is 3. The number of hydrogen-bond donors (Lipinski definition) is 0. The second-order valence-electron chi connectivity index (χ2n) is 4.84. The Bertz CT molecular complexity index is 356. The molecule has 2 rings (SSSR count). The van der Waals surface area contributed by atoms with E-state index in [1.54, 1.807) is 0 Å². The largest absolute Gasteiger partial charge is 0.689 e. The summed E-state index contributed by atoms with van der Waals surface area (Å²) < 4.78 is 13.5. The van der Waals surface area contributed by atoms with Crippen molar-refractivity contribution in [3.63, 3.8) is 0 Å². The molecule has 20 heavy (non-hydrogen) atoms. The molecule has 2 unspecified atom stereocenters. The van der Waals surface area contributed by atoms with Gasteiger partial charge < -0.3 is 13.3 Å². The van der Waals surface area contributed by atoms with Crippen LogP contribution in [0.4, 0.5) is 0 Å². The summed E-state index contributed by atoms with van der Waals surface area (Å²) in [4.78, 5) is 31.3. The summed E-state index contributed by atoms with van der Waals surface area (Å²) in [7, 11) is -2.96. The lowest BCUT2D eigenvalue weighted by molar-refractivity contribution is -0.144. The molecular formula is C13H20O6Si. The fraction of sp³-hybridized carbons (Fsp3) is 0.615. The van der Waals surface area contributed by atoms with Gasteiger partial charge in [-0.25, -0.2) is 0 Å². The van der Waals surface area contributed by atoms with E-state index in [1.807, 2.05) is 0 Å². The predicted molar refractivity (Wildman–Crippen MR) is 72.4 cm³/mol. The van der Waals surface area contributed by atoms with Gasteiger partial charge >= 0.3 is 9.53 Å². The van der Waals surface area contributed by atoms with Gasteiger partial charge in [0.15, 0.2) is 0 Å². The molecule has 0 amide bonds. The molecule has 2 aliphatic carbocycles. The standard InChI is InChI=1S/C7H10.C6H10O6Si/c1-2-7-4-3-6(1)5-7;1-4(7)10-13(11-5(2)8)12-6(3)9/h1-2,6-7H,3-5H2;13H,1-3H3. The quantitative estimate of drug-likeness (QED) is 0.578. The number of allylic oxidation sites excluding steroid dienone is 2. The summed E-state index contributed by atoms with van der Waals surface area (Å²) >= 11 is 0. The third kappa shape index (κ3) is 6.51. The highest BCUT2D eigenvalue weighted by molar-refractivity contribution is 6.43. The van der Waals surface area contributed by atoms with Crippen LogP contribution in [0, 0.1) is 11.8 Å². The van der Waals surface area contributed by atoms with Gasteiger partial charge in [0.25, 0.3) is 17.9 Å². The Balaban J connectivity index is 0.000000233. The minimum absolute atomic E-state index is 0.654. The van der Waals surface area contributed by atoms with E-state index in [4.69, 9.17) is 0 Å². The molecule has 0 heterocycles. The number of carbonyl (C=O) groups is 3. The normalized spacial score (nSPS) is 22.0. The molecule has 0 saturated heterocycles. The topological polar surface area (TPSA) is 78.9 Å². The molecule has 1 saturated carbocycles. The zero-order valence-electron chi connectivity index (χ0n) is 12.0. The van der Waals surface area contributed by atoms with Crippen LogP contribution in [0.25, 0.3) is 0 Å². The van der Waals surface area contributed by atoms with Crippen LogP contribution in [-0.4, -0.2) is 27.4 Å². The Labute approximate surface area is 120 Å². The Morgan fingerprint density at radius 2 is 1.20 bits per heavy atom. The summed E-state index contributed by atoms with van der Waals surface area (Å²) in [6.45, 7) is 3.40. The molecule has 2 aliphatic rings. The van der Waals surface area contributed by atoms with Gasteiger partial charge in [-0.1, -0.05) is 12.2 Å². The molecule has 0 radical (unpaired) electrons. The fourth-order valence-electron chi connectivity index (χ4n) is 2.20. The Kier molecular flexibility index (Phi) is 6.43. The zero-order chi connectivity index (χ0) is 15.1. The van der Waals surface area contributed by atoms with E-state index in [-0.39, 0.29) is 0 Å². The fourth-order valence-corrected chi connectivity index (χ4v) is 3.15. The second-order valence-corrected chi connectivity index (χ2v) is 6.12. The molecule has 112 valence electrons. The SMILES string of the molecule is C1=CC2CCC1C2.CC(=O)O[SiH](OC(C)=O)OC(C)=O.